The third-order valence-electron chi connectivity index (χ3n) is 7.02. The minimum absolute atomic E-state index is 0.0332. The topological polar surface area (TPSA) is 128 Å². The first-order valence-electron chi connectivity index (χ1n) is 13.4. The number of hydrogen-bond acceptors (Lipinski definition) is 7. The molecule has 1 saturated heterocycles. The van der Waals surface area contributed by atoms with Gasteiger partial charge in [-0.3, -0.25) is 9.59 Å². The van der Waals surface area contributed by atoms with Crippen molar-refractivity contribution in [2.45, 2.75) is 37.0 Å². The number of carbonyl (C=O) groups excluding carboxylic acids is 2. The number of carbonyl (C=O) groups is 2. The zero-order chi connectivity index (χ0) is 30.5. The number of halogens is 2. The van der Waals surface area contributed by atoms with Crippen LogP contribution in [0.5, 0.6) is 0 Å². The number of hydrogen-bond donors (Lipinski definition) is 2. The summed E-state index contributed by atoms with van der Waals surface area (Å²) in [6, 6.07) is 15.2. The molecule has 0 radical (unpaired) electrons. The number of nitrogens with zero attached hydrogens (tertiary/aromatic N) is 4. The lowest BCUT2D eigenvalue weighted by Gasteiger charge is -2.26. The Morgan fingerprint density at radius 1 is 1.17 bits per heavy atom. The summed E-state index contributed by atoms with van der Waals surface area (Å²) < 4.78 is 45.4. The van der Waals surface area contributed by atoms with Crippen molar-refractivity contribution in [3.05, 3.63) is 71.4 Å². The Bertz CT molecular complexity index is 1660. The van der Waals surface area contributed by atoms with Gasteiger partial charge in [0.05, 0.1) is 33.5 Å². The highest BCUT2D eigenvalue weighted by Crippen LogP contribution is 2.35. The van der Waals surface area contributed by atoms with E-state index in [9.17, 15) is 27.8 Å². The summed E-state index contributed by atoms with van der Waals surface area (Å²) in [7, 11) is -1.50. The van der Waals surface area contributed by atoms with E-state index in [1.165, 1.54) is 12.3 Å². The van der Waals surface area contributed by atoms with Crippen molar-refractivity contribution >= 4 is 33.0 Å². The van der Waals surface area contributed by atoms with Gasteiger partial charge in [0.25, 0.3) is 11.8 Å². The van der Waals surface area contributed by atoms with Crippen molar-refractivity contribution in [1.82, 2.24) is 10.3 Å². The Hall–Kier alpha value is -4.21. The Morgan fingerprint density at radius 3 is 2.60 bits per heavy atom. The normalized spacial score (nSPS) is 16.0. The summed E-state index contributed by atoms with van der Waals surface area (Å²) in [6.45, 7) is 2.05. The van der Waals surface area contributed by atoms with Gasteiger partial charge in [-0.05, 0) is 61.9 Å². The second-order valence-electron chi connectivity index (χ2n) is 10.2. The number of likely N-dealkylation sites (N-methyl/N-ethyl adjacent to an activating group) is 1. The molecule has 12 heteroatoms. The molecule has 0 spiro atoms. The number of rotatable bonds is 7. The van der Waals surface area contributed by atoms with Crippen LogP contribution < -0.4 is 15.5 Å². The molecule has 3 aromatic rings. The number of aromatic nitrogens is 1. The molecule has 1 aromatic heterocycles. The molecule has 2 N–H and O–H groups in total. The number of nitrogens with one attached hydrogen (secondary N) is 2. The third kappa shape index (κ3) is 7.16. The first kappa shape index (κ1) is 30.7. The highest BCUT2D eigenvalue weighted by atomic mass is 32.2. The summed E-state index contributed by atoms with van der Waals surface area (Å²) in [5.74, 6) is -3.58. The summed E-state index contributed by atoms with van der Waals surface area (Å²) >= 11 is 0. The molecule has 2 aromatic carbocycles. The van der Waals surface area contributed by atoms with Gasteiger partial charge in [-0.2, -0.15) is 9.62 Å². The molecule has 1 aliphatic rings. The van der Waals surface area contributed by atoms with Crippen LogP contribution in [0.1, 0.15) is 40.7 Å². The lowest BCUT2D eigenvalue weighted by Crippen LogP contribution is -2.30. The van der Waals surface area contributed by atoms with E-state index in [1.54, 1.807) is 67.5 Å². The van der Waals surface area contributed by atoms with Crippen molar-refractivity contribution in [2.75, 3.05) is 43.2 Å². The van der Waals surface area contributed by atoms with Crippen LogP contribution in [0.25, 0.3) is 11.1 Å². The number of nitriles is 1. The minimum Gasteiger partial charge on any atom is -0.356 e. The van der Waals surface area contributed by atoms with Crippen molar-refractivity contribution in [1.29, 1.82) is 5.26 Å². The fraction of sp³-hybridized carbons (Fsp3) is 0.333. The van der Waals surface area contributed by atoms with Gasteiger partial charge in [0.2, 0.25) is 5.92 Å². The molecule has 2 heterocycles. The number of benzene rings is 2. The van der Waals surface area contributed by atoms with Gasteiger partial charge in [-0.15, -0.1) is 0 Å². The molecule has 1 aliphatic heterocycles. The molecule has 0 bridgehead atoms. The van der Waals surface area contributed by atoms with Crippen LogP contribution in [0.4, 0.5) is 20.3 Å². The zero-order valence-electron chi connectivity index (χ0n) is 23.6. The van der Waals surface area contributed by atoms with E-state index < -0.39 is 27.5 Å². The standard InChI is InChI=1S/C30H32F2N6O3S/c1-20-25(22-10-8-21(17-33)9-11-22)18-35-28(38-14-5-12-30(31,32)13-15-38)27(20)29(40)36-23-6-4-7-24(16-23)42(3,41)37-26(39)19-34-2/h4,6-11,16,18,34H,5,12-15,19H2,1-3H3,(H,36,40)/t42-/m1/s1. The van der Waals surface area contributed by atoms with E-state index in [1.807, 2.05) is 0 Å². The van der Waals surface area contributed by atoms with Crippen LogP contribution in [0.15, 0.2) is 64.0 Å². The molecule has 42 heavy (non-hydrogen) atoms. The van der Waals surface area contributed by atoms with Crippen LogP contribution in [0.2, 0.25) is 0 Å². The Balaban J connectivity index is 1.75. The molecule has 4 rings (SSSR count). The van der Waals surface area contributed by atoms with Gasteiger partial charge < -0.3 is 15.5 Å². The smallest absolute Gasteiger partial charge is 0.267 e. The van der Waals surface area contributed by atoms with E-state index in [0.29, 0.717) is 34.7 Å². The average Bonchev–Trinajstić information content (AvgIpc) is 3.13. The number of anilines is 2. The third-order valence-corrected chi connectivity index (χ3v) is 8.70. The molecule has 9 nitrogen and oxygen atoms in total. The summed E-state index contributed by atoms with van der Waals surface area (Å²) in [5.41, 5.74) is 3.00. The van der Waals surface area contributed by atoms with Crippen molar-refractivity contribution in [3.63, 3.8) is 0 Å². The van der Waals surface area contributed by atoms with Crippen molar-refractivity contribution in [2.24, 2.45) is 4.36 Å². The second-order valence-corrected chi connectivity index (χ2v) is 12.4. The van der Waals surface area contributed by atoms with Gasteiger partial charge in [0.1, 0.15) is 5.82 Å². The largest absolute Gasteiger partial charge is 0.356 e. The van der Waals surface area contributed by atoms with Crippen LogP contribution in [-0.2, 0) is 14.5 Å². The molecule has 0 unspecified atom stereocenters. The SMILES string of the molecule is CNCC(=O)N=[S@](C)(=O)c1cccc(NC(=O)c2c(N3CCCC(F)(F)CC3)ncc(-c3ccc(C#N)cc3)c2C)c1. The lowest BCUT2D eigenvalue weighted by molar-refractivity contribution is -0.116. The Kier molecular flexibility index (Phi) is 9.33. The van der Waals surface area contributed by atoms with Crippen molar-refractivity contribution in [3.8, 4) is 17.2 Å². The number of alkyl halides is 2. The summed E-state index contributed by atoms with van der Waals surface area (Å²) in [6.07, 6.45) is 2.62. The van der Waals surface area contributed by atoms with Crippen LogP contribution >= 0.6 is 0 Å². The molecule has 1 atom stereocenters. The van der Waals surface area contributed by atoms with Crippen LogP contribution in [0, 0.1) is 18.3 Å². The monoisotopic (exact) mass is 594 g/mol. The second kappa shape index (κ2) is 12.8. The van der Waals surface area contributed by atoms with Crippen LogP contribution in [-0.4, -0.2) is 59.9 Å². The van der Waals surface area contributed by atoms with Gasteiger partial charge >= 0.3 is 0 Å². The highest BCUT2D eigenvalue weighted by molar-refractivity contribution is 7.93. The van der Waals surface area contributed by atoms with E-state index in [-0.39, 0.29) is 42.8 Å². The van der Waals surface area contributed by atoms with Gasteiger partial charge in [-0.25, -0.2) is 18.0 Å². The molecule has 0 saturated carbocycles. The number of amides is 2. The summed E-state index contributed by atoms with van der Waals surface area (Å²) in [4.78, 5) is 32.5. The predicted octanol–water partition coefficient (Wildman–Crippen LogP) is 5.01. The minimum atomic E-state index is -3.08. The highest BCUT2D eigenvalue weighted by Gasteiger charge is 2.33. The van der Waals surface area contributed by atoms with E-state index in [4.69, 9.17) is 0 Å². The van der Waals surface area contributed by atoms with Crippen LogP contribution in [0.3, 0.4) is 0 Å². The molecular weight excluding hydrogens is 562 g/mol. The Morgan fingerprint density at radius 2 is 1.90 bits per heavy atom. The maximum Gasteiger partial charge on any atom is 0.267 e. The molecule has 220 valence electrons. The molecule has 0 aliphatic carbocycles. The maximum absolute atomic E-state index is 14.2. The molecule has 2 amide bonds. The van der Waals surface area contributed by atoms with Gasteiger partial charge in [0.15, 0.2) is 0 Å². The van der Waals surface area contributed by atoms with E-state index in [2.05, 4.69) is 26.0 Å². The zero-order valence-corrected chi connectivity index (χ0v) is 24.4. The lowest BCUT2D eigenvalue weighted by atomic mass is 9.97. The fourth-order valence-corrected chi connectivity index (χ4v) is 6.06. The average molecular weight is 595 g/mol. The molecular formula is C30H32F2N6O3S. The first-order valence-corrected chi connectivity index (χ1v) is 15.3. The maximum atomic E-state index is 14.2. The number of pyridine rings is 1. The van der Waals surface area contributed by atoms with Crippen molar-refractivity contribution < 1.29 is 22.6 Å². The Labute approximate surface area is 244 Å². The van der Waals surface area contributed by atoms with E-state index in [0.717, 1.165) is 5.56 Å². The van der Waals surface area contributed by atoms with Gasteiger partial charge in [0, 0.05) is 54.5 Å². The van der Waals surface area contributed by atoms with Gasteiger partial charge in [-0.1, -0.05) is 18.2 Å². The predicted molar refractivity (Wildman–Crippen MR) is 158 cm³/mol. The summed E-state index contributed by atoms with van der Waals surface area (Å²) in [5, 5.41) is 14.7. The molecule has 1 fully saturated rings. The first-order chi connectivity index (χ1) is 19.9. The fourth-order valence-electron chi connectivity index (χ4n) is 4.83. The quantitative estimate of drug-likeness (QED) is 0.394. The van der Waals surface area contributed by atoms with E-state index >= 15 is 0 Å².